The number of ketones is 3. The molecule has 0 heterocycles. The zero-order chi connectivity index (χ0) is 23.5. The first-order valence-electron chi connectivity index (χ1n) is 11.3. The molecule has 7 heteroatoms. The van der Waals surface area contributed by atoms with E-state index < -0.39 is 40.8 Å². The number of hydrogen-bond acceptors (Lipinski definition) is 7. The molecule has 0 amide bonds. The normalized spacial score (nSPS) is 40.0. The highest BCUT2D eigenvalue weighted by molar-refractivity contribution is 6.02. The summed E-state index contributed by atoms with van der Waals surface area (Å²) in [4.78, 5) is 62.4. The zero-order valence-corrected chi connectivity index (χ0v) is 19.1. The van der Waals surface area contributed by atoms with Crippen molar-refractivity contribution in [1.29, 1.82) is 0 Å². The molecule has 4 rings (SSSR count). The number of Topliss-reactive ketones (excluding diaryl/α,β-unsaturated/α-hetero) is 2. The molecule has 32 heavy (non-hydrogen) atoms. The Morgan fingerprint density at radius 3 is 2.47 bits per heavy atom. The molecule has 0 aliphatic heterocycles. The maximum absolute atomic E-state index is 13.7. The number of carbonyl (C=O) groups excluding carboxylic acids is 5. The highest BCUT2D eigenvalue weighted by Gasteiger charge is 2.70. The summed E-state index contributed by atoms with van der Waals surface area (Å²) in [5, 5.41) is 0. The summed E-state index contributed by atoms with van der Waals surface area (Å²) in [7, 11) is 0. The fraction of sp³-hybridized carbons (Fsp3) is 0.640. The van der Waals surface area contributed by atoms with Gasteiger partial charge in [0, 0.05) is 37.0 Å². The van der Waals surface area contributed by atoms with E-state index in [-0.39, 0.29) is 35.7 Å². The molecule has 0 radical (unpaired) electrons. The Kier molecular flexibility index (Phi) is 5.30. The molecule has 0 saturated heterocycles. The second-order valence-electron chi connectivity index (χ2n) is 10.2. The van der Waals surface area contributed by atoms with Crippen LogP contribution in [0.25, 0.3) is 0 Å². The first kappa shape index (κ1) is 22.6. The molecular formula is C25H30O7. The lowest BCUT2D eigenvalue weighted by Gasteiger charge is -2.57. The lowest BCUT2D eigenvalue weighted by molar-refractivity contribution is -0.191. The number of ether oxygens (including phenoxy) is 2. The fourth-order valence-corrected chi connectivity index (χ4v) is 7.23. The van der Waals surface area contributed by atoms with E-state index in [1.165, 1.54) is 13.8 Å². The molecule has 3 saturated carbocycles. The largest absolute Gasteiger partial charge is 0.458 e. The smallest absolute Gasteiger partial charge is 0.303 e. The maximum Gasteiger partial charge on any atom is 0.303 e. The summed E-state index contributed by atoms with van der Waals surface area (Å²) in [5.41, 5.74) is -1.88. The minimum Gasteiger partial charge on any atom is -0.458 e. The Morgan fingerprint density at radius 2 is 1.81 bits per heavy atom. The van der Waals surface area contributed by atoms with Crippen LogP contribution in [-0.2, 0) is 33.4 Å². The minimum absolute atomic E-state index is 0.00442. The van der Waals surface area contributed by atoms with Crippen molar-refractivity contribution in [3.8, 4) is 0 Å². The van der Waals surface area contributed by atoms with E-state index >= 15 is 0 Å². The van der Waals surface area contributed by atoms with Gasteiger partial charge < -0.3 is 9.47 Å². The minimum atomic E-state index is -1.49. The van der Waals surface area contributed by atoms with Crippen molar-refractivity contribution in [2.45, 2.75) is 65.4 Å². The standard InChI is InChI=1S/C25H30O7/c1-14(26)31-13-21(30)25(32-15(2)27)10-8-19-18-6-5-16-11-17(28)7-9-23(16,3)22(18)20(29)12-24(19,25)4/h7,9,11,18-19,22H,5-6,8,10,12-13H2,1-4H3/t18-,19-,22+,23-,24+,25+/m1/s1. The van der Waals surface area contributed by atoms with E-state index in [1.807, 2.05) is 19.9 Å². The predicted octanol–water partition coefficient (Wildman–Crippen LogP) is 2.91. The molecule has 0 aromatic carbocycles. The molecule has 0 aromatic rings. The first-order valence-corrected chi connectivity index (χ1v) is 11.3. The van der Waals surface area contributed by atoms with Gasteiger partial charge in [0.1, 0.15) is 5.78 Å². The highest BCUT2D eigenvalue weighted by atomic mass is 16.6. The van der Waals surface area contributed by atoms with Crippen LogP contribution in [0.3, 0.4) is 0 Å². The van der Waals surface area contributed by atoms with Gasteiger partial charge >= 0.3 is 11.9 Å². The number of fused-ring (bicyclic) bond motifs is 5. The van der Waals surface area contributed by atoms with Crippen LogP contribution in [0.15, 0.2) is 23.8 Å². The van der Waals surface area contributed by atoms with Gasteiger partial charge in [-0.25, -0.2) is 0 Å². The van der Waals surface area contributed by atoms with Crippen molar-refractivity contribution < 1.29 is 33.4 Å². The average Bonchev–Trinajstić information content (AvgIpc) is 2.98. The number of hydrogen-bond donors (Lipinski definition) is 0. The van der Waals surface area contributed by atoms with Crippen LogP contribution >= 0.6 is 0 Å². The van der Waals surface area contributed by atoms with Crippen molar-refractivity contribution >= 4 is 29.3 Å². The molecule has 0 N–H and O–H groups in total. The second kappa shape index (κ2) is 7.49. The molecule has 0 bridgehead atoms. The SMILES string of the molecule is CC(=O)OCC(=O)[C@@]1(OC(C)=O)CC[C@@H]2[C@H]3CCC4=CC(=O)C=C[C@@]4(C)[C@@H]3C(=O)C[C@@]21C. The summed E-state index contributed by atoms with van der Waals surface area (Å²) in [6.45, 7) is 5.90. The van der Waals surface area contributed by atoms with E-state index in [1.54, 1.807) is 12.2 Å². The zero-order valence-electron chi connectivity index (χ0n) is 19.1. The summed E-state index contributed by atoms with van der Waals surface area (Å²) in [6.07, 6.45) is 7.60. The van der Waals surface area contributed by atoms with Gasteiger partial charge in [0.05, 0.1) is 0 Å². The molecule has 4 aliphatic rings. The van der Waals surface area contributed by atoms with E-state index in [9.17, 15) is 24.0 Å². The van der Waals surface area contributed by atoms with Crippen molar-refractivity contribution in [3.05, 3.63) is 23.8 Å². The van der Waals surface area contributed by atoms with Crippen molar-refractivity contribution in [2.24, 2.45) is 28.6 Å². The monoisotopic (exact) mass is 442 g/mol. The quantitative estimate of drug-likeness (QED) is 0.617. The van der Waals surface area contributed by atoms with Gasteiger partial charge in [-0.15, -0.1) is 0 Å². The lowest BCUT2D eigenvalue weighted by atomic mass is 9.46. The van der Waals surface area contributed by atoms with Crippen molar-refractivity contribution in [2.75, 3.05) is 6.61 Å². The number of rotatable bonds is 4. The topological polar surface area (TPSA) is 104 Å². The molecule has 3 fully saturated rings. The maximum atomic E-state index is 13.7. The van der Waals surface area contributed by atoms with Crippen molar-refractivity contribution in [3.63, 3.8) is 0 Å². The number of carbonyl (C=O) groups is 5. The predicted molar refractivity (Wildman–Crippen MR) is 113 cm³/mol. The van der Waals surface area contributed by atoms with Crippen molar-refractivity contribution in [1.82, 2.24) is 0 Å². The molecule has 0 unspecified atom stereocenters. The third kappa shape index (κ3) is 3.11. The molecular weight excluding hydrogens is 412 g/mol. The van der Waals surface area contributed by atoms with Crippen LogP contribution in [-0.4, -0.2) is 41.5 Å². The lowest BCUT2D eigenvalue weighted by Crippen LogP contribution is -2.62. The Hall–Kier alpha value is -2.57. The van der Waals surface area contributed by atoms with Gasteiger partial charge in [0.15, 0.2) is 18.0 Å². The molecule has 0 spiro atoms. The van der Waals surface area contributed by atoms with E-state index in [4.69, 9.17) is 9.47 Å². The Labute approximate surface area is 187 Å². The third-order valence-corrected chi connectivity index (χ3v) is 8.55. The average molecular weight is 443 g/mol. The Bertz CT molecular complexity index is 975. The summed E-state index contributed by atoms with van der Waals surface area (Å²) < 4.78 is 10.7. The van der Waals surface area contributed by atoms with Gasteiger partial charge in [-0.1, -0.05) is 25.5 Å². The third-order valence-electron chi connectivity index (χ3n) is 8.55. The summed E-state index contributed by atoms with van der Waals surface area (Å²) in [6, 6.07) is 0. The Balaban J connectivity index is 1.74. The first-order chi connectivity index (χ1) is 14.9. The van der Waals surface area contributed by atoms with Gasteiger partial charge in [-0.3, -0.25) is 24.0 Å². The molecule has 7 nitrogen and oxygen atoms in total. The van der Waals surface area contributed by atoms with Gasteiger partial charge in [-0.2, -0.15) is 0 Å². The number of allylic oxidation sites excluding steroid dienone is 4. The molecule has 4 aliphatic carbocycles. The van der Waals surface area contributed by atoms with E-state index in [0.717, 1.165) is 18.4 Å². The molecule has 172 valence electrons. The molecule has 6 atom stereocenters. The number of esters is 2. The second-order valence-corrected chi connectivity index (χ2v) is 10.2. The summed E-state index contributed by atoms with van der Waals surface area (Å²) in [5.74, 6) is -1.93. The van der Waals surface area contributed by atoms with Crippen LogP contribution < -0.4 is 0 Å². The molecule has 0 aromatic heterocycles. The van der Waals surface area contributed by atoms with Crippen LogP contribution in [0, 0.1) is 28.6 Å². The van der Waals surface area contributed by atoms with Crippen LogP contribution in [0.4, 0.5) is 0 Å². The Morgan fingerprint density at radius 1 is 1.09 bits per heavy atom. The van der Waals surface area contributed by atoms with Crippen LogP contribution in [0.5, 0.6) is 0 Å². The van der Waals surface area contributed by atoms with Crippen LogP contribution in [0.2, 0.25) is 0 Å². The fourth-order valence-electron chi connectivity index (χ4n) is 7.23. The van der Waals surface area contributed by atoms with E-state index in [0.29, 0.717) is 12.8 Å². The summed E-state index contributed by atoms with van der Waals surface area (Å²) >= 11 is 0. The van der Waals surface area contributed by atoms with E-state index in [2.05, 4.69) is 0 Å². The highest BCUT2D eigenvalue weighted by Crippen LogP contribution is 2.66. The van der Waals surface area contributed by atoms with Gasteiger partial charge in [0.2, 0.25) is 5.78 Å². The van der Waals surface area contributed by atoms with Crippen LogP contribution in [0.1, 0.15) is 59.8 Å². The van der Waals surface area contributed by atoms with Gasteiger partial charge in [-0.05, 0) is 49.7 Å². The van der Waals surface area contributed by atoms with Gasteiger partial charge in [0.25, 0.3) is 0 Å².